The van der Waals surface area contributed by atoms with Crippen molar-refractivity contribution in [2.75, 3.05) is 4.90 Å². The van der Waals surface area contributed by atoms with Crippen molar-refractivity contribution >= 4 is 28.6 Å². The molecule has 176 valence electrons. The minimum absolute atomic E-state index is 0.292. The van der Waals surface area contributed by atoms with E-state index in [0.717, 1.165) is 33.5 Å². The molecule has 1 unspecified atom stereocenters. The lowest BCUT2D eigenvalue weighted by Gasteiger charge is -2.37. The van der Waals surface area contributed by atoms with Crippen LogP contribution in [0.25, 0.3) is 17.0 Å². The summed E-state index contributed by atoms with van der Waals surface area (Å²) < 4.78 is 20.3. The van der Waals surface area contributed by atoms with Gasteiger partial charge in [0.25, 0.3) is 5.89 Å². The van der Waals surface area contributed by atoms with E-state index in [1.165, 1.54) is 6.07 Å². The summed E-state index contributed by atoms with van der Waals surface area (Å²) in [5.41, 5.74) is 6.94. The summed E-state index contributed by atoms with van der Waals surface area (Å²) in [7, 11) is 0. The predicted octanol–water partition coefficient (Wildman–Crippen LogP) is 6.67. The molecule has 0 saturated heterocycles. The van der Waals surface area contributed by atoms with Crippen LogP contribution in [0.5, 0.6) is 0 Å². The van der Waals surface area contributed by atoms with Gasteiger partial charge in [-0.05, 0) is 69.2 Å². The highest BCUT2D eigenvalue weighted by molar-refractivity contribution is 7.80. The van der Waals surface area contributed by atoms with Gasteiger partial charge in [-0.25, -0.2) is 4.39 Å². The van der Waals surface area contributed by atoms with Crippen LogP contribution in [0.4, 0.5) is 10.1 Å². The summed E-state index contributed by atoms with van der Waals surface area (Å²) >= 11 is 5.76. The number of nitrogens with zero attached hydrogens (tertiary/aromatic N) is 3. The first-order chi connectivity index (χ1) is 16.8. The number of allylic oxidation sites excluding steroid dienone is 1. The Balaban J connectivity index is 1.66. The van der Waals surface area contributed by atoms with Crippen LogP contribution in [0.15, 0.2) is 77.0 Å². The third kappa shape index (κ3) is 4.35. The number of aromatic nitrogens is 2. The van der Waals surface area contributed by atoms with Crippen LogP contribution in [0.3, 0.4) is 0 Å². The van der Waals surface area contributed by atoms with E-state index in [1.54, 1.807) is 13.0 Å². The fourth-order valence-electron chi connectivity index (χ4n) is 4.30. The Morgan fingerprint density at radius 2 is 1.71 bits per heavy atom. The van der Waals surface area contributed by atoms with Gasteiger partial charge in [-0.3, -0.25) is 4.90 Å². The third-order valence-corrected chi connectivity index (χ3v) is 6.54. The summed E-state index contributed by atoms with van der Waals surface area (Å²) in [5.74, 6) is 0.602. The van der Waals surface area contributed by atoms with Crippen molar-refractivity contribution in [2.24, 2.45) is 0 Å². The Morgan fingerprint density at radius 3 is 2.43 bits per heavy atom. The molecule has 1 N–H and O–H groups in total. The molecule has 5 rings (SSSR count). The molecule has 0 spiro atoms. The van der Waals surface area contributed by atoms with E-state index >= 15 is 0 Å². The van der Waals surface area contributed by atoms with E-state index < -0.39 is 0 Å². The molecular formula is C28H25FN4OS. The highest BCUT2D eigenvalue weighted by Crippen LogP contribution is 2.39. The van der Waals surface area contributed by atoms with Crippen molar-refractivity contribution in [2.45, 2.75) is 33.7 Å². The monoisotopic (exact) mass is 484 g/mol. The normalized spacial score (nSPS) is 16.0. The van der Waals surface area contributed by atoms with E-state index in [2.05, 4.69) is 34.7 Å². The molecule has 0 amide bonds. The van der Waals surface area contributed by atoms with Gasteiger partial charge < -0.3 is 9.84 Å². The number of halogens is 1. The highest BCUT2D eigenvalue weighted by Gasteiger charge is 2.35. The van der Waals surface area contributed by atoms with Gasteiger partial charge in [0, 0.05) is 11.3 Å². The van der Waals surface area contributed by atoms with E-state index in [-0.39, 0.29) is 11.9 Å². The van der Waals surface area contributed by atoms with Crippen molar-refractivity contribution in [3.63, 3.8) is 0 Å². The number of hydrogen-bond donors (Lipinski definition) is 1. The molecule has 1 atom stereocenters. The van der Waals surface area contributed by atoms with E-state index in [0.29, 0.717) is 28.1 Å². The maximum absolute atomic E-state index is 14.5. The molecular weight excluding hydrogens is 459 g/mol. The fraction of sp³-hybridized carbons (Fsp3) is 0.179. The molecule has 0 aliphatic carbocycles. The molecule has 1 aliphatic heterocycles. The zero-order valence-corrected chi connectivity index (χ0v) is 20.8. The molecule has 0 fully saturated rings. The number of thiocarbonyl (C=S) groups is 1. The molecule has 0 radical (unpaired) electrons. The minimum atomic E-state index is -0.305. The molecule has 3 aromatic carbocycles. The van der Waals surface area contributed by atoms with Gasteiger partial charge in [-0.1, -0.05) is 64.8 Å². The third-order valence-electron chi connectivity index (χ3n) is 6.24. The maximum Gasteiger partial charge on any atom is 0.258 e. The Bertz CT molecular complexity index is 1460. The molecule has 1 aromatic heterocycles. The first kappa shape index (κ1) is 22.9. The second kappa shape index (κ2) is 9.07. The summed E-state index contributed by atoms with van der Waals surface area (Å²) in [5, 5.41) is 8.15. The Hall–Kier alpha value is -3.84. The van der Waals surface area contributed by atoms with Crippen molar-refractivity contribution in [1.29, 1.82) is 0 Å². The van der Waals surface area contributed by atoms with Gasteiger partial charge in [0.2, 0.25) is 5.82 Å². The number of aryl methyl sites for hydroxylation is 3. The van der Waals surface area contributed by atoms with Crippen LogP contribution in [0.2, 0.25) is 0 Å². The lowest BCUT2D eigenvalue weighted by atomic mass is 9.94. The molecule has 7 heteroatoms. The van der Waals surface area contributed by atoms with E-state index in [9.17, 15) is 4.39 Å². The average Bonchev–Trinajstić information content (AvgIpc) is 3.31. The topological polar surface area (TPSA) is 54.2 Å². The van der Waals surface area contributed by atoms with E-state index in [4.69, 9.17) is 21.7 Å². The molecule has 4 aromatic rings. The largest absolute Gasteiger partial charge is 0.351 e. The van der Waals surface area contributed by atoms with Gasteiger partial charge in [-0.2, -0.15) is 4.98 Å². The van der Waals surface area contributed by atoms with Crippen LogP contribution in [0.1, 0.15) is 41.1 Å². The quantitative estimate of drug-likeness (QED) is 0.327. The lowest BCUT2D eigenvalue weighted by molar-refractivity contribution is 0.404. The van der Waals surface area contributed by atoms with Crippen LogP contribution in [-0.4, -0.2) is 15.3 Å². The fourth-order valence-corrected chi connectivity index (χ4v) is 4.66. The highest BCUT2D eigenvalue weighted by atomic mass is 32.1. The summed E-state index contributed by atoms with van der Waals surface area (Å²) in [6.45, 7) is 7.75. The van der Waals surface area contributed by atoms with Crippen molar-refractivity contribution in [3.05, 3.63) is 106 Å². The van der Waals surface area contributed by atoms with E-state index in [1.807, 2.05) is 56.0 Å². The van der Waals surface area contributed by atoms with Crippen molar-refractivity contribution < 1.29 is 8.91 Å². The number of rotatable bonds is 4. The van der Waals surface area contributed by atoms with Gasteiger partial charge in [0.1, 0.15) is 5.82 Å². The zero-order chi connectivity index (χ0) is 24.7. The molecule has 35 heavy (non-hydrogen) atoms. The van der Waals surface area contributed by atoms with Crippen LogP contribution >= 0.6 is 12.2 Å². The number of nitrogens with one attached hydrogen (secondary N) is 1. The SMILES string of the molecule is CC1=C(c2nc(-c3cccc(C)c3)no2)C(c2ccc(C)cc2)NC(=S)N1c1ccc(C)c(F)c1. The summed E-state index contributed by atoms with van der Waals surface area (Å²) in [4.78, 5) is 6.57. The van der Waals surface area contributed by atoms with Crippen LogP contribution in [0, 0.1) is 26.6 Å². The first-order valence-corrected chi connectivity index (χ1v) is 11.8. The number of anilines is 1. The van der Waals surface area contributed by atoms with Crippen molar-refractivity contribution in [1.82, 2.24) is 15.5 Å². The molecule has 0 saturated carbocycles. The first-order valence-electron chi connectivity index (χ1n) is 11.4. The second-order valence-electron chi connectivity index (χ2n) is 8.85. The Kier molecular flexibility index (Phi) is 5.94. The smallest absolute Gasteiger partial charge is 0.258 e. The summed E-state index contributed by atoms with van der Waals surface area (Å²) in [6, 6.07) is 21.0. The van der Waals surface area contributed by atoms with Gasteiger partial charge in [0.15, 0.2) is 5.11 Å². The molecule has 1 aliphatic rings. The standard InChI is InChI=1S/C28H25FN4OS/c1-16-8-11-20(12-9-16)25-24(27-31-26(32-34-27)21-7-5-6-17(2)14-21)19(4)33(28(35)30-25)22-13-10-18(3)23(29)15-22/h5-15,25H,1-4H3,(H,30,35). The predicted molar refractivity (Wildman–Crippen MR) is 140 cm³/mol. The number of benzene rings is 3. The molecule has 0 bridgehead atoms. The molecule has 5 nitrogen and oxygen atoms in total. The average molecular weight is 485 g/mol. The second-order valence-corrected chi connectivity index (χ2v) is 9.24. The van der Waals surface area contributed by atoms with Crippen LogP contribution in [-0.2, 0) is 0 Å². The minimum Gasteiger partial charge on any atom is -0.351 e. The summed E-state index contributed by atoms with van der Waals surface area (Å²) in [6.07, 6.45) is 0. The lowest BCUT2D eigenvalue weighted by Crippen LogP contribution is -2.46. The molecule has 2 heterocycles. The maximum atomic E-state index is 14.5. The zero-order valence-electron chi connectivity index (χ0n) is 20.0. The van der Waals surface area contributed by atoms with Crippen molar-refractivity contribution in [3.8, 4) is 11.4 Å². The van der Waals surface area contributed by atoms with Gasteiger partial charge in [0.05, 0.1) is 17.3 Å². The van der Waals surface area contributed by atoms with Gasteiger partial charge >= 0.3 is 0 Å². The number of hydrogen-bond acceptors (Lipinski definition) is 4. The Labute approximate surface area is 209 Å². The van der Waals surface area contributed by atoms with Crippen LogP contribution < -0.4 is 10.2 Å². The van der Waals surface area contributed by atoms with Gasteiger partial charge in [-0.15, -0.1) is 0 Å². The Morgan fingerprint density at radius 1 is 0.943 bits per heavy atom.